The quantitative estimate of drug-likeness (QED) is 0.469. The van der Waals surface area contributed by atoms with E-state index < -0.39 is 16.0 Å². The largest absolute Gasteiger partial charge is 0.489 e. The average Bonchev–Trinajstić information content (AvgIpc) is 2.85. The van der Waals surface area contributed by atoms with Crippen molar-refractivity contribution in [2.75, 3.05) is 26.2 Å². The number of hydrogen-bond acceptors (Lipinski definition) is 5. The molecule has 1 heterocycles. The lowest BCUT2D eigenvalue weighted by Gasteiger charge is -2.34. The second-order valence-electron chi connectivity index (χ2n) is 8.92. The molecule has 1 aliphatic rings. The average molecular weight is 513 g/mol. The molecule has 3 aromatic rings. The van der Waals surface area contributed by atoms with Crippen LogP contribution in [-0.2, 0) is 34.4 Å². The van der Waals surface area contributed by atoms with E-state index in [4.69, 9.17) is 4.74 Å². The second kappa shape index (κ2) is 11.2. The smallest absolute Gasteiger partial charge is 0.307 e. The number of aliphatic carboxylic acids is 1. The second-order valence-corrected chi connectivity index (χ2v) is 10.9. The summed E-state index contributed by atoms with van der Waals surface area (Å²) in [6.45, 7) is 4.43. The topological polar surface area (TPSA) is 87.2 Å². The lowest BCUT2D eigenvalue weighted by atomic mass is 10.1. The molecule has 1 saturated heterocycles. The number of hydrogen-bond donors (Lipinski definition) is 1. The lowest BCUT2D eigenvalue weighted by Crippen LogP contribution is -2.48. The zero-order valence-corrected chi connectivity index (χ0v) is 20.9. The summed E-state index contributed by atoms with van der Waals surface area (Å²) in [7, 11) is -3.56. The highest BCUT2D eigenvalue weighted by molar-refractivity contribution is 7.89. The van der Waals surface area contributed by atoms with Gasteiger partial charge in [0.15, 0.2) is 0 Å². The summed E-state index contributed by atoms with van der Waals surface area (Å²) in [4.78, 5) is 13.6. The van der Waals surface area contributed by atoms with Crippen LogP contribution in [0.15, 0.2) is 71.6 Å². The van der Waals surface area contributed by atoms with Crippen LogP contribution in [-0.4, -0.2) is 54.9 Å². The van der Waals surface area contributed by atoms with Crippen LogP contribution in [0.4, 0.5) is 4.39 Å². The maximum Gasteiger partial charge on any atom is 0.307 e. The molecule has 7 nitrogen and oxygen atoms in total. The van der Waals surface area contributed by atoms with Crippen LogP contribution in [0.2, 0.25) is 0 Å². The summed E-state index contributed by atoms with van der Waals surface area (Å²) in [5.74, 6) is -0.625. The molecule has 1 fully saturated rings. The molecule has 36 heavy (non-hydrogen) atoms. The van der Waals surface area contributed by atoms with E-state index in [2.05, 4.69) is 4.90 Å². The maximum atomic E-state index is 13.2. The van der Waals surface area contributed by atoms with E-state index >= 15 is 0 Å². The number of carboxylic acids is 1. The molecule has 190 valence electrons. The molecule has 0 amide bonds. The van der Waals surface area contributed by atoms with Gasteiger partial charge >= 0.3 is 5.97 Å². The number of ether oxygens (including phenoxy) is 1. The highest BCUT2D eigenvalue weighted by Crippen LogP contribution is 2.25. The molecule has 0 radical (unpaired) electrons. The van der Waals surface area contributed by atoms with Crippen LogP contribution < -0.4 is 4.74 Å². The van der Waals surface area contributed by atoms with Crippen molar-refractivity contribution in [3.8, 4) is 5.75 Å². The Morgan fingerprint density at radius 2 is 1.58 bits per heavy atom. The first-order valence-corrected chi connectivity index (χ1v) is 13.1. The number of piperazine rings is 1. The number of nitrogens with zero attached hydrogens (tertiary/aromatic N) is 2. The van der Waals surface area contributed by atoms with Gasteiger partial charge < -0.3 is 9.84 Å². The monoisotopic (exact) mass is 512 g/mol. The fraction of sp³-hybridized carbons (Fsp3) is 0.296. The van der Waals surface area contributed by atoms with Gasteiger partial charge in [0.2, 0.25) is 10.0 Å². The van der Waals surface area contributed by atoms with Crippen molar-refractivity contribution in [2.24, 2.45) is 0 Å². The van der Waals surface area contributed by atoms with E-state index in [0.717, 1.165) is 16.7 Å². The third kappa shape index (κ3) is 6.48. The standard InChI is InChI=1S/C27H29FN2O5S/c1-20-2-9-25(10-3-20)36(33,34)30-14-12-29(13-15-30)18-23-16-22(17-27(31)32)6-11-26(23)35-19-21-4-7-24(28)8-5-21/h2-11,16H,12-15,17-19H2,1H3,(H,31,32). The minimum absolute atomic E-state index is 0.103. The number of rotatable bonds is 9. The van der Waals surface area contributed by atoms with E-state index in [1.54, 1.807) is 48.5 Å². The minimum Gasteiger partial charge on any atom is -0.489 e. The molecule has 0 spiro atoms. The molecular formula is C27H29FN2O5S. The predicted octanol–water partition coefficient (Wildman–Crippen LogP) is 3.85. The molecular weight excluding hydrogens is 483 g/mol. The Labute approximate surface area is 210 Å². The van der Waals surface area contributed by atoms with Crippen molar-refractivity contribution in [3.05, 3.63) is 94.8 Å². The molecule has 9 heteroatoms. The molecule has 3 aromatic carbocycles. The van der Waals surface area contributed by atoms with Gasteiger partial charge in [-0.1, -0.05) is 42.0 Å². The molecule has 1 aliphatic heterocycles. The SMILES string of the molecule is Cc1ccc(S(=O)(=O)N2CCN(Cc3cc(CC(=O)O)ccc3OCc3ccc(F)cc3)CC2)cc1. The van der Waals surface area contributed by atoms with E-state index in [9.17, 15) is 22.7 Å². The third-order valence-electron chi connectivity index (χ3n) is 6.17. The molecule has 0 unspecified atom stereocenters. The van der Waals surface area contributed by atoms with Crippen LogP contribution >= 0.6 is 0 Å². The van der Waals surface area contributed by atoms with Crippen molar-refractivity contribution in [2.45, 2.75) is 31.4 Å². The van der Waals surface area contributed by atoms with Gasteiger partial charge in [-0.15, -0.1) is 0 Å². The first-order chi connectivity index (χ1) is 17.2. The Morgan fingerprint density at radius 3 is 2.22 bits per heavy atom. The Kier molecular flexibility index (Phi) is 8.03. The third-order valence-corrected chi connectivity index (χ3v) is 8.08. The van der Waals surface area contributed by atoms with Crippen LogP contribution in [0, 0.1) is 12.7 Å². The Morgan fingerprint density at radius 1 is 0.944 bits per heavy atom. The normalized spacial score (nSPS) is 15.1. The van der Waals surface area contributed by atoms with Gasteiger partial charge in [0.05, 0.1) is 11.3 Å². The van der Waals surface area contributed by atoms with Gasteiger partial charge in [0.1, 0.15) is 18.2 Å². The van der Waals surface area contributed by atoms with Crippen molar-refractivity contribution in [3.63, 3.8) is 0 Å². The summed E-state index contributed by atoms with van der Waals surface area (Å²) in [5.41, 5.74) is 3.30. The highest BCUT2D eigenvalue weighted by atomic mass is 32.2. The predicted molar refractivity (Wildman–Crippen MR) is 134 cm³/mol. The molecule has 4 rings (SSSR count). The van der Waals surface area contributed by atoms with Crippen LogP contribution in [0.25, 0.3) is 0 Å². The highest BCUT2D eigenvalue weighted by Gasteiger charge is 2.28. The molecule has 1 N–H and O–H groups in total. The molecule has 0 atom stereocenters. The maximum absolute atomic E-state index is 13.2. The van der Waals surface area contributed by atoms with E-state index in [1.165, 1.54) is 16.4 Å². The van der Waals surface area contributed by atoms with Crippen molar-refractivity contribution in [1.82, 2.24) is 9.21 Å². The lowest BCUT2D eigenvalue weighted by molar-refractivity contribution is -0.136. The summed E-state index contributed by atoms with van der Waals surface area (Å²) >= 11 is 0. The summed E-state index contributed by atoms with van der Waals surface area (Å²) < 4.78 is 46.7. The molecule has 0 saturated carbocycles. The van der Waals surface area contributed by atoms with Gasteiger partial charge in [0, 0.05) is 38.3 Å². The van der Waals surface area contributed by atoms with E-state index in [-0.39, 0.29) is 18.8 Å². The number of aryl methyl sites for hydroxylation is 1. The number of carbonyl (C=O) groups is 1. The van der Waals surface area contributed by atoms with Gasteiger partial charge in [-0.25, -0.2) is 12.8 Å². The summed E-state index contributed by atoms with van der Waals surface area (Å²) in [6.07, 6.45) is -0.103. The van der Waals surface area contributed by atoms with Crippen LogP contribution in [0.5, 0.6) is 5.75 Å². The fourth-order valence-electron chi connectivity index (χ4n) is 4.15. The number of halogens is 1. The van der Waals surface area contributed by atoms with Gasteiger partial charge in [-0.3, -0.25) is 9.69 Å². The number of sulfonamides is 1. The van der Waals surface area contributed by atoms with E-state index in [1.807, 2.05) is 13.0 Å². The van der Waals surface area contributed by atoms with Gasteiger partial charge in [-0.2, -0.15) is 4.31 Å². The molecule has 0 aromatic heterocycles. The van der Waals surface area contributed by atoms with Crippen molar-refractivity contribution in [1.29, 1.82) is 0 Å². The Balaban J connectivity index is 1.44. The zero-order chi connectivity index (χ0) is 25.7. The first-order valence-electron chi connectivity index (χ1n) is 11.7. The van der Waals surface area contributed by atoms with Crippen molar-refractivity contribution < 1.29 is 27.4 Å². The summed E-state index contributed by atoms with van der Waals surface area (Å²) in [6, 6.07) is 18.2. The molecule has 0 aliphatic carbocycles. The van der Waals surface area contributed by atoms with Crippen LogP contribution in [0.1, 0.15) is 22.3 Å². The van der Waals surface area contributed by atoms with Crippen molar-refractivity contribution >= 4 is 16.0 Å². The van der Waals surface area contributed by atoms with Gasteiger partial charge in [-0.05, 0) is 48.4 Å². The number of carboxylic acid groups (broad SMARTS) is 1. The van der Waals surface area contributed by atoms with E-state index in [0.29, 0.717) is 48.9 Å². The van der Waals surface area contributed by atoms with Gasteiger partial charge in [0.25, 0.3) is 0 Å². The summed E-state index contributed by atoms with van der Waals surface area (Å²) in [5, 5.41) is 9.20. The molecule has 0 bridgehead atoms. The zero-order valence-electron chi connectivity index (χ0n) is 20.1. The first kappa shape index (κ1) is 25.8. The minimum atomic E-state index is -3.56. The Hall–Kier alpha value is -3.27. The Bertz CT molecular complexity index is 1300. The van der Waals surface area contributed by atoms with Crippen LogP contribution in [0.3, 0.4) is 0 Å². The number of benzene rings is 3. The fourth-order valence-corrected chi connectivity index (χ4v) is 5.57.